The highest BCUT2D eigenvalue weighted by molar-refractivity contribution is 7.14. The molecule has 5 heteroatoms. The normalized spacial score (nSPS) is 22.4. The Morgan fingerprint density at radius 2 is 2.47 bits per heavy atom. The molecule has 1 aliphatic heterocycles. The predicted molar refractivity (Wildman–Crippen MR) is 69.3 cm³/mol. The third-order valence-corrected chi connectivity index (χ3v) is 3.96. The van der Waals surface area contributed by atoms with Crippen LogP contribution in [-0.4, -0.2) is 30.6 Å². The Balaban J connectivity index is 0.00000112. The van der Waals surface area contributed by atoms with Gasteiger partial charge >= 0.3 is 0 Å². The van der Waals surface area contributed by atoms with E-state index in [0.29, 0.717) is 6.04 Å². The topological polar surface area (TPSA) is 15.3 Å². The number of piperazine rings is 1. The summed E-state index contributed by atoms with van der Waals surface area (Å²) in [5.74, 6) is 0. The van der Waals surface area contributed by atoms with E-state index in [0.717, 1.165) is 30.5 Å². The second kappa shape index (κ2) is 6.06. The lowest BCUT2D eigenvalue weighted by atomic mass is 10.2. The van der Waals surface area contributed by atoms with Crippen LogP contribution in [0.4, 0.5) is 0 Å². The van der Waals surface area contributed by atoms with Crippen LogP contribution in [0.25, 0.3) is 0 Å². The van der Waals surface area contributed by atoms with Gasteiger partial charge in [-0.15, -0.1) is 23.7 Å². The average Bonchev–Trinajstić information content (AvgIpc) is 2.56. The largest absolute Gasteiger partial charge is 0.314 e. The quantitative estimate of drug-likeness (QED) is 0.886. The number of thiophene rings is 1. The number of rotatable bonds is 2. The highest BCUT2D eigenvalue weighted by Gasteiger charge is 2.18. The van der Waals surface area contributed by atoms with Crippen LogP contribution < -0.4 is 5.32 Å². The van der Waals surface area contributed by atoms with E-state index in [1.165, 1.54) is 5.56 Å². The van der Waals surface area contributed by atoms with Gasteiger partial charge in [0.25, 0.3) is 0 Å². The predicted octanol–water partition coefficient (Wildman–Crippen LogP) is 2.62. The maximum atomic E-state index is 6.08. The maximum Gasteiger partial charge on any atom is 0.0973 e. The lowest BCUT2D eigenvalue weighted by molar-refractivity contribution is 0.166. The van der Waals surface area contributed by atoms with Crippen LogP contribution in [0.2, 0.25) is 4.34 Å². The molecule has 0 saturated carbocycles. The van der Waals surface area contributed by atoms with E-state index in [-0.39, 0.29) is 12.4 Å². The summed E-state index contributed by atoms with van der Waals surface area (Å²) >= 11 is 7.70. The Kier molecular flexibility index (Phi) is 5.36. The van der Waals surface area contributed by atoms with Crippen LogP contribution in [0, 0.1) is 0 Å². The molecule has 0 aliphatic carbocycles. The van der Waals surface area contributed by atoms with Gasteiger partial charge in [0.1, 0.15) is 0 Å². The Morgan fingerprint density at radius 1 is 1.67 bits per heavy atom. The molecule has 0 radical (unpaired) electrons. The molecular formula is C10H16Cl2N2S. The Labute approximate surface area is 106 Å². The van der Waals surface area contributed by atoms with E-state index >= 15 is 0 Å². The average molecular weight is 267 g/mol. The highest BCUT2D eigenvalue weighted by Crippen LogP contribution is 2.24. The van der Waals surface area contributed by atoms with E-state index in [1.807, 2.05) is 0 Å². The zero-order chi connectivity index (χ0) is 9.97. The van der Waals surface area contributed by atoms with E-state index in [4.69, 9.17) is 11.6 Å². The lowest BCUT2D eigenvalue weighted by Gasteiger charge is -2.33. The van der Waals surface area contributed by atoms with E-state index in [1.54, 1.807) is 11.3 Å². The molecule has 2 heterocycles. The fourth-order valence-electron chi connectivity index (χ4n) is 1.77. The fourth-order valence-corrected chi connectivity index (χ4v) is 2.68. The van der Waals surface area contributed by atoms with E-state index in [9.17, 15) is 0 Å². The standard InChI is InChI=1S/C10H15ClN2S.ClH/c1-8-6-12-3-4-13(8)7-9-2-5-14-10(9)11;/h2,5,8,12H,3-4,6-7H2,1H3;1H/t8-;/m1./s1. The third-order valence-electron chi connectivity index (χ3n) is 2.71. The van der Waals surface area contributed by atoms with Gasteiger partial charge in [-0.05, 0) is 23.9 Å². The summed E-state index contributed by atoms with van der Waals surface area (Å²) in [5, 5.41) is 5.45. The van der Waals surface area contributed by atoms with Crippen molar-refractivity contribution in [3.63, 3.8) is 0 Å². The third kappa shape index (κ3) is 3.33. The molecule has 2 rings (SSSR count). The lowest BCUT2D eigenvalue weighted by Crippen LogP contribution is -2.49. The van der Waals surface area contributed by atoms with Crippen molar-refractivity contribution in [1.82, 2.24) is 10.2 Å². The molecule has 1 saturated heterocycles. The first kappa shape index (κ1) is 13.3. The summed E-state index contributed by atoms with van der Waals surface area (Å²) in [5.41, 5.74) is 1.27. The Morgan fingerprint density at radius 3 is 3.07 bits per heavy atom. The molecule has 0 spiro atoms. The van der Waals surface area contributed by atoms with Gasteiger partial charge < -0.3 is 5.32 Å². The van der Waals surface area contributed by atoms with Gasteiger partial charge in [-0.25, -0.2) is 0 Å². The SMILES string of the molecule is C[C@@H]1CNCCN1Cc1ccsc1Cl.Cl. The molecule has 0 amide bonds. The number of hydrogen-bond acceptors (Lipinski definition) is 3. The second-order valence-electron chi connectivity index (χ2n) is 3.74. The molecule has 0 aromatic carbocycles. The van der Waals surface area contributed by atoms with Crippen LogP contribution in [-0.2, 0) is 6.54 Å². The van der Waals surface area contributed by atoms with Crippen LogP contribution >= 0.6 is 35.3 Å². The van der Waals surface area contributed by atoms with Gasteiger partial charge in [0.2, 0.25) is 0 Å². The molecule has 1 aromatic rings. The number of halogens is 2. The summed E-state index contributed by atoms with van der Waals surface area (Å²) < 4.78 is 0.940. The van der Waals surface area contributed by atoms with Gasteiger partial charge in [0.05, 0.1) is 4.34 Å². The van der Waals surface area contributed by atoms with Gasteiger partial charge in [-0.2, -0.15) is 0 Å². The fraction of sp³-hybridized carbons (Fsp3) is 0.600. The summed E-state index contributed by atoms with van der Waals surface area (Å²) in [6, 6.07) is 2.74. The monoisotopic (exact) mass is 266 g/mol. The van der Waals surface area contributed by atoms with Crippen molar-refractivity contribution in [2.24, 2.45) is 0 Å². The summed E-state index contributed by atoms with van der Waals surface area (Å²) in [6.07, 6.45) is 0. The van der Waals surface area contributed by atoms with Gasteiger partial charge in [0.15, 0.2) is 0 Å². The first-order valence-corrected chi connectivity index (χ1v) is 6.20. The van der Waals surface area contributed by atoms with E-state index < -0.39 is 0 Å². The van der Waals surface area contributed by atoms with Crippen molar-refractivity contribution in [2.75, 3.05) is 19.6 Å². The Hall–Kier alpha value is 0.200. The molecule has 0 unspecified atom stereocenters. The molecule has 0 bridgehead atoms. The van der Waals surface area contributed by atoms with Crippen molar-refractivity contribution in [3.05, 3.63) is 21.3 Å². The van der Waals surface area contributed by atoms with Crippen LogP contribution in [0.5, 0.6) is 0 Å². The van der Waals surface area contributed by atoms with Crippen LogP contribution in [0.1, 0.15) is 12.5 Å². The second-order valence-corrected chi connectivity index (χ2v) is 5.26. The molecular weight excluding hydrogens is 251 g/mol. The molecule has 1 aliphatic rings. The molecule has 1 N–H and O–H groups in total. The first-order valence-electron chi connectivity index (χ1n) is 4.94. The molecule has 1 atom stereocenters. The van der Waals surface area contributed by atoms with Crippen molar-refractivity contribution in [3.8, 4) is 0 Å². The van der Waals surface area contributed by atoms with Crippen LogP contribution in [0.3, 0.4) is 0 Å². The van der Waals surface area contributed by atoms with Crippen molar-refractivity contribution >= 4 is 35.3 Å². The number of hydrogen-bond donors (Lipinski definition) is 1. The molecule has 1 aromatic heterocycles. The highest BCUT2D eigenvalue weighted by atomic mass is 35.5. The molecule has 1 fully saturated rings. The minimum atomic E-state index is 0. The summed E-state index contributed by atoms with van der Waals surface area (Å²) in [7, 11) is 0. The minimum Gasteiger partial charge on any atom is -0.314 e. The molecule has 15 heavy (non-hydrogen) atoms. The Bertz CT molecular complexity index is 303. The van der Waals surface area contributed by atoms with Crippen LogP contribution in [0.15, 0.2) is 11.4 Å². The van der Waals surface area contributed by atoms with Crippen molar-refractivity contribution in [1.29, 1.82) is 0 Å². The smallest absolute Gasteiger partial charge is 0.0973 e. The van der Waals surface area contributed by atoms with Crippen molar-refractivity contribution in [2.45, 2.75) is 19.5 Å². The number of nitrogens with one attached hydrogen (secondary N) is 1. The zero-order valence-corrected chi connectivity index (χ0v) is 11.1. The van der Waals surface area contributed by atoms with Gasteiger partial charge in [0, 0.05) is 32.2 Å². The summed E-state index contributed by atoms with van der Waals surface area (Å²) in [4.78, 5) is 2.48. The minimum absolute atomic E-state index is 0. The number of nitrogens with zero attached hydrogens (tertiary/aromatic N) is 1. The van der Waals surface area contributed by atoms with E-state index in [2.05, 4.69) is 28.6 Å². The summed E-state index contributed by atoms with van der Waals surface area (Å²) in [6.45, 7) is 6.54. The molecule has 2 nitrogen and oxygen atoms in total. The van der Waals surface area contributed by atoms with Crippen molar-refractivity contribution < 1.29 is 0 Å². The first-order chi connectivity index (χ1) is 6.77. The van der Waals surface area contributed by atoms with Gasteiger partial charge in [-0.3, -0.25) is 4.90 Å². The van der Waals surface area contributed by atoms with Gasteiger partial charge in [-0.1, -0.05) is 11.6 Å². The zero-order valence-electron chi connectivity index (χ0n) is 8.70. The maximum absolute atomic E-state index is 6.08. The molecule has 86 valence electrons.